The summed E-state index contributed by atoms with van der Waals surface area (Å²) in [5, 5.41) is 7.96. The van der Waals surface area contributed by atoms with Crippen LogP contribution in [0.4, 0.5) is 5.69 Å². The van der Waals surface area contributed by atoms with Gasteiger partial charge < -0.3 is 5.32 Å². The Kier molecular flexibility index (Phi) is 4.41. The topological polar surface area (TPSA) is 97.2 Å². The minimum absolute atomic E-state index is 0.269. The third-order valence-electron chi connectivity index (χ3n) is 5.13. The second-order valence-corrected chi connectivity index (χ2v) is 7.51. The van der Waals surface area contributed by atoms with E-state index in [1.54, 1.807) is 62.1 Å². The molecule has 0 saturated carbocycles. The van der Waals surface area contributed by atoms with Crippen molar-refractivity contribution in [1.82, 2.24) is 19.7 Å². The molecule has 1 aromatic carbocycles. The van der Waals surface area contributed by atoms with Gasteiger partial charge in [0.15, 0.2) is 5.65 Å². The zero-order chi connectivity index (χ0) is 20.9. The molecule has 3 amide bonds. The van der Waals surface area contributed by atoms with Crippen LogP contribution >= 0.6 is 0 Å². The van der Waals surface area contributed by atoms with Gasteiger partial charge >= 0.3 is 0 Å². The van der Waals surface area contributed by atoms with Gasteiger partial charge in [0.1, 0.15) is 6.04 Å². The second kappa shape index (κ2) is 6.80. The Labute approximate surface area is 167 Å². The molecule has 0 spiro atoms. The lowest BCUT2D eigenvalue weighted by Gasteiger charge is -2.28. The molecular weight excluding hydrogens is 370 g/mol. The predicted molar refractivity (Wildman–Crippen MR) is 107 cm³/mol. The minimum atomic E-state index is -0.937. The molecule has 3 aromatic rings. The van der Waals surface area contributed by atoms with E-state index < -0.39 is 23.8 Å². The molecule has 1 aliphatic heterocycles. The van der Waals surface area contributed by atoms with Crippen molar-refractivity contribution in [2.24, 2.45) is 13.0 Å². The van der Waals surface area contributed by atoms with Crippen molar-refractivity contribution in [3.8, 4) is 0 Å². The van der Waals surface area contributed by atoms with Crippen LogP contribution in [0.25, 0.3) is 11.0 Å². The summed E-state index contributed by atoms with van der Waals surface area (Å²) in [5.74, 6) is -1.60. The number of amides is 3. The number of hydrogen-bond acceptors (Lipinski definition) is 5. The summed E-state index contributed by atoms with van der Waals surface area (Å²) >= 11 is 0. The molecule has 0 radical (unpaired) electrons. The molecule has 8 heteroatoms. The standard InChI is InChI=1S/C21H21N5O3/c1-11(2)17(26-20(28)14-7-5-6-8-15(14)21(26)29)19(27)23-13-9-16-12(3)24-25(4)18(16)22-10-13/h5-11,17H,1-4H3,(H,23,27)/t17-/m0/s1. The fourth-order valence-electron chi connectivity index (χ4n) is 3.77. The fraction of sp³-hybridized carbons (Fsp3) is 0.286. The Morgan fingerprint density at radius 2 is 1.72 bits per heavy atom. The number of carbonyl (C=O) groups is 3. The lowest BCUT2D eigenvalue weighted by molar-refractivity contribution is -0.121. The van der Waals surface area contributed by atoms with E-state index in [1.807, 2.05) is 6.92 Å². The highest BCUT2D eigenvalue weighted by Crippen LogP contribution is 2.28. The number of imide groups is 1. The van der Waals surface area contributed by atoms with Gasteiger partial charge in [0.2, 0.25) is 5.91 Å². The SMILES string of the molecule is Cc1nn(C)c2ncc(NC(=O)[C@H](C(C)C)N3C(=O)c4ccccc4C3=O)cc12. The first kappa shape index (κ1) is 18.8. The number of rotatable bonds is 4. The van der Waals surface area contributed by atoms with Crippen LogP contribution in [-0.4, -0.2) is 43.4 Å². The zero-order valence-corrected chi connectivity index (χ0v) is 16.6. The van der Waals surface area contributed by atoms with Gasteiger partial charge in [-0.15, -0.1) is 0 Å². The molecule has 29 heavy (non-hydrogen) atoms. The van der Waals surface area contributed by atoms with Crippen molar-refractivity contribution in [1.29, 1.82) is 0 Å². The normalized spacial score (nSPS) is 14.6. The molecule has 8 nitrogen and oxygen atoms in total. The number of benzene rings is 1. The van der Waals surface area contributed by atoms with Crippen LogP contribution in [-0.2, 0) is 11.8 Å². The van der Waals surface area contributed by atoms with E-state index in [0.717, 1.165) is 16.0 Å². The van der Waals surface area contributed by atoms with Crippen LogP contribution < -0.4 is 5.32 Å². The average molecular weight is 391 g/mol. The highest BCUT2D eigenvalue weighted by atomic mass is 16.2. The summed E-state index contributed by atoms with van der Waals surface area (Å²) in [7, 11) is 1.80. The third-order valence-corrected chi connectivity index (χ3v) is 5.13. The largest absolute Gasteiger partial charge is 0.323 e. The predicted octanol–water partition coefficient (Wildman–Crippen LogP) is 2.54. The highest BCUT2D eigenvalue weighted by molar-refractivity contribution is 6.23. The number of fused-ring (bicyclic) bond motifs is 2. The second-order valence-electron chi connectivity index (χ2n) is 7.51. The van der Waals surface area contributed by atoms with Crippen LogP contribution in [0.1, 0.15) is 40.3 Å². The molecule has 1 N–H and O–H groups in total. The van der Waals surface area contributed by atoms with Crippen LogP contribution in [0.5, 0.6) is 0 Å². The Balaban J connectivity index is 1.65. The number of pyridine rings is 1. The molecule has 0 saturated heterocycles. The first-order chi connectivity index (χ1) is 13.8. The van der Waals surface area contributed by atoms with Crippen molar-refractivity contribution in [3.63, 3.8) is 0 Å². The van der Waals surface area contributed by atoms with E-state index in [4.69, 9.17) is 0 Å². The Hall–Kier alpha value is -3.55. The van der Waals surface area contributed by atoms with Gasteiger partial charge in [0.05, 0.1) is 28.7 Å². The van der Waals surface area contributed by atoms with Crippen molar-refractivity contribution in [2.75, 3.05) is 5.32 Å². The number of aryl methyl sites for hydroxylation is 2. The molecule has 0 fully saturated rings. The number of nitrogens with zero attached hydrogens (tertiary/aromatic N) is 4. The maximum Gasteiger partial charge on any atom is 0.262 e. The van der Waals surface area contributed by atoms with Gasteiger partial charge in [-0.25, -0.2) is 4.98 Å². The van der Waals surface area contributed by atoms with Crippen molar-refractivity contribution < 1.29 is 14.4 Å². The molecule has 1 aliphatic rings. The van der Waals surface area contributed by atoms with E-state index in [1.165, 1.54) is 0 Å². The van der Waals surface area contributed by atoms with Gasteiger partial charge in [0, 0.05) is 12.4 Å². The number of aromatic nitrogens is 3. The number of carbonyl (C=O) groups excluding carboxylic acids is 3. The van der Waals surface area contributed by atoms with Gasteiger partial charge in [-0.3, -0.25) is 24.0 Å². The average Bonchev–Trinajstić information content (AvgIpc) is 3.10. The van der Waals surface area contributed by atoms with Crippen LogP contribution in [0.15, 0.2) is 36.5 Å². The number of nitrogens with one attached hydrogen (secondary N) is 1. The highest BCUT2D eigenvalue weighted by Gasteiger charge is 2.43. The van der Waals surface area contributed by atoms with Gasteiger partial charge in [-0.1, -0.05) is 26.0 Å². The first-order valence-electron chi connectivity index (χ1n) is 9.36. The summed E-state index contributed by atoms with van der Waals surface area (Å²) in [4.78, 5) is 44.2. The molecule has 4 rings (SSSR count). The Morgan fingerprint density at radius 1 is 1.10 bits per heavy atom. The van der Waals surface area contributed by atoms with Crippen molar-refractivity contribution >= 4 is 34.4 Å². The quantitative estimate of drug-likeness (QED) is 0.690. The number of anilines is 1. The minimum Gasteiger partial charge on any atom is -0.323 e. The summed E-state index contributed by atoms with van der Waals surface area (Å²) in [6.45, 7) is 5.48. The lowest BCUT2D eigenvalue weighted by Crippen LogP contribution is -2.50. The molecular formula is C21H21N5O3. The van der Waals surface area contributed by atoms with Crippen LogP contribution in [0.2, 0.25) is 0 Å². The van der Waals surface area contributed by atoms with Gasteiger partial charge in [0.25, 0.3) is 11.8 Å². The first-order valence-corrected chi connectivity index (χ1v) is 9.36. The zero-order valence-electron chi connectivity index (χ0n) is 16.6. The lowest BCUT2D eigenvalue weighted by atomic mass is 10.0. The maximum absolute atomic E-state index is 13.1. The number of hydrogen-bond donors (Lipinski definition) is 1. The maximum atomic E-state index is 13.1. The monoisotopic (exact) mass is 391 g/mol. The molecule has 0 unspecified atom stereocenters. The summed E-state index contributed by atoms with van der Waals surface area (Å²) < 4.78 is 1.67. The molecule has 0 bridgehead atoms. The fourth-order valence-corrected chi connectivity index (χ4v) is 3.77. The van der Waals surface area contributed by atoms with Crippen LogP contribution in [0.3, 0.4) is 0 Å². The molecule has 2 aromatic heterocycles. The smallest absolute Gasteiger partial charge is 0.262 e. The van der Waals surface area contributed by atoms with Gasteiger partial charge in [-0.05, 0) is 31.0 Å². The van der Waals surface area contributed by atoms with Gasteiger partial charge in [-0.2, -0.15) is 5.10 Å². The summed E-state index contributed by atoms with van der Waals surface area (Å²) in [5.41, 5.74) is 2.64. The molecule has 1 atom stereocenters. The van der Waals surface area contributed by atoms with Crippen molar-refractivity contribution in [2.45, 2.75) is 26.8 Å². The van der Waals surface area contributed by atoms with Crippen LogP contribution in [0, 0.1) is 12.8 Å². The summed E-state index contributed by atoms with van der Waals surface area (Å²) in [6, 6.07) is 7.47. The third kappa shape index (κ3) is 2.97. The van der Waals surface area contributed by atoms with E-state index in [0.29, 0.717) is 22.5 Å². The van der Waals surface area contributed by atoms with E-state index in [-0.39, 0.29) is 5.92 Å². The molecule has 3 heterocycles. The van der Waals surface area contributed by atoms with E-state index in [2.05, 4.69) is 15.4 Å². The molecule has 0 aliphatic carbocycles. The van der Waals surface area contributed by atoms with E-state index >= 15 is 0 Å². The Bertz CT molecular complexity index is 1130. The van der Waals surface area contributed by atoms with Crippen molar-refractivity contribution in [3.05, 3.63) is 53.3 Å². The summed E-state index contributed by atoms with van der Waals surface area (Å²) in [6.07, 6.45) is 1.54. The Morgan fingerprint density at radius 3 is 2.31 bits per heavy atom. The van der Waals surface area contributed by atoms with E-state index in [9.17, 15) is 14.4 Å². The molecule has 148 valence electrons.